The maximum atomic E-state index is 13.8. The lowest BCUT2D eigenvalue weighted by Gasteiger charge is -2.31. The van der Waals surface area contributed by atoms with Gasteiger partial charge in [0.05, 0.1) is 12.5 Å². The highest BCUT2D eigenvalue weighted by molar-refractivity contribution is 5.84. The number of carboxylic acid groups (broad SMARTS) is 1. The predicted octanol–water partition coefficient (Wildman–Crippen LogP) is 4.39. The van der Waals surface area contributed by atoms with E-state index in [0.717, 1.165) is 41.6 Å². The van der Waals surface area contributed by atoms with Gasteiger partial charge >= 0.3 is 5.97 Å². The Morgan fingerprint density at radius 1 is 1.12 bits per heavy atom. The maximum Gasteiger partial charge on any atom is 0.306 e. The van der Waals surface area contributed by atoms with E-state index in [1.807, 2.05) is 17.0 Å². The molecule has 0 bridgehead atoms. The average Bonchev–Trinajstić information content (AvgIpc) is 3.12. The Balaban J connectivity index is 1.36. The number of benzene rings is 1. The van der Waals surface area contributed by atoms with Crippen LogP contribution < -0.4 is 0 Å². The van der Waals surface area contributed by atoms with E-state index in [0.29, 0.717) is 38.9 Å². The van der Waals surface area contributed by atoms with E-state index in [-0.39, 0.29) is 23.6 Å². The predicted molar refractivity (Wildman–Crippen MR) is 122 cm³/mol. The number of amides is 1. The first-order valence-corrected chi connectivity index (χ1v) is 11.7. The number of aliphatic carboxylic acids is 1. The smallest absolute Gasteiger partial charge is 0.306 e. The van der Waals surface area contributed by atoms with Gasteiger partial charge in [-0.3, -0.25) is 9.59 Å². The van der Waals surface area contributed by atoms with Crippen molar-refractivity contribution in [2.75, 3.05) is 6.54 Å². The van der Waals surface area contributed by atoms with Crippen LogP contribution in [-0.2, 0) is 29.1 Å². The standard InChI is InChI=1S/C26H28FN3O3/c27-20-4-1-3-18(13-20)15-30-23-16-29(12-10-21(23)22-5-2-11-28-25(22)30)24(31)14-17-6-8-19(9-7-17)26(32)33/h1-5,11,13,17,19H,6-10,12,14-16H2,(H,32,33). The van der Waals surface area contributed by atoms with Crippen molar-refractivity contribution in [1.82, 2.24) is 14.5 Å². The molecule has 33 heavy (non-hydrogen) atoms. The molecule has 5 rings (SSSR count). The number of fused-ring (bicyclic) bond motifs is 3. The third-order valence-corrected chi connectivity index (χ3v) is 7.26. The number of rotatable bonds is 5. The molecule has 6 nitrogen and oxygen atoms in total. The summed E-state index contributed by atoms with van der Waals surface area (Å²) in [6, 6.07) is 10.6. The molecule has 0 saturated heterocycles. The van der Waals surface area contributed by atoms with Crippen LogP contribution in [0.2, 0.25) is 0 Å². The van der Waals surface area contributed by atoms with Crippen LogP contribution in [0, 0.1) is 17.7 Å². The number of carboxylic acids is 1. The lowest BCUT2D eigenvalue weighted by atomic mass is 9.80. The molecule has 0 radical (unpaired) electrons. The molecule has 172 valence electrons. The Morgan fingerprint density at radius 2 is 1.94 bits per heavy atom. The molecule has 1 aliphatic heterocycles. The summed E-state index contributed by atoms with van der Waals surface area (Å²) < 4.78 is 15.9. The second-order valence-corrected chi connectivity index (χ2v) is 9.34. The molecule has 0 atom stereocenters. The molecule has 1 amide bonds. The third kappa shape index (κ3) is 4.36. The van der Waals surface area contributed by atoms with Crippen molar-refractivity contribution in [3.05, 3.63) is 65.2 Å². The van der Waals surface area contributed by atoms with Crippen LogP contribution in [0.5, 0.6) is 0 Å². The third-order valence-electron chi connectivity index (χ3n) is 7.26. The van der Waals surface area contributed by atoms with Gasteiger partial charge in [0, 0.05) is 36.8 Å². The second kappa shape index (κ2) is 8.96. The monoisotopic (exact) mass is 449 g/mol. The number of nitrogens with zero attached hydrogens (tertiary/aromatic N) is 3. The maximum absolute atomic E-state index is 13.8. The summed E-state index contributed by atoms with van der Waals surface area (Å²) in [4.78, 5) is 30.9. The minimum Gasteiger partial charge on any atom is -0.481 e. The second-order valence-electron chi connectivity index (χ2n) is 9.34. The Hall–Kier alpha value is -3.22. The largest absolute Gasteiger partial charge is 0.481 e. The first-order chi connectivity index (χ1) is 16.0. The molecule has 1 aromatic carbocycles. The lowest BCUT2D eigenvalue weighted by molar-refractivity contribution is -0.143. The minimum atomic E-state index is -0.719. The average molecular weight is 450 g/mol. The highest BCUT2D eigenvalue weighted by Crippen LogP contribution is 2.34. The molecule has 3 heterocycles. The van der Waals surface area contributed by atoms with Gasteiger partial charge < -0.3 is 14.6 Å². The van der Waals surface area contributed by atoms with Gasteiger partial charge in [-0.05, 0) is 73.4 Å². The summed E-state index contributed by atoms with van der Waals surface area (Å²) in [7, 11) is 0. The van der Waals surface area contributed by atoms with Crippen molar-refractivity contribution in [2.45, 2.75) is 51.6 Å². The van der Waals surface area contributed by atoms with Gasteiger partial charge in [0.1, 0.15) is 11.5 Å². The molecule has 2 aromatic heterocycles. The zero-order valence-corrected chi connectivity index (χ0v) is 18.5. The van der Waals surface area contributed by atoms with Gasteiger partial charge in [0.15, 0.2) is 0 Å². The van der Waals surface area contributed by atoms with Gasteiger partial charge in [-0.1, -0.05) is 12.1 Å². The van der Waals surface area contributed by atoms with Crippen molar-refractivity contribution in [1.29, 1.82) is 0 Å². The van der Waals surface area contributed by atoms with Crippen molar-refractivity contribution >= 4 is 22.9 Å². The van der Waals surface area contributed by atoms with Gasteiger partial charge in [-0.2, -0.15) is 0 Å². The highest BCUT2D eigenvalue weighted by atomic mass is 19.1. The van der Waals surface area contributed by atoms with E-state index in [1.165, 1.54) is 11.6 Å². The van der Waals surface area contributed by atoms with Crippen LogP contribution in [0.4, 0.5) is 4.39 Å². The number of pyridine rings is 1. The molecule has 1 N–H and O–H groups in total. The molecule has 0 spiro atoms. The van der Waals surface area contributed by atoms with Gasteiger partial charge in [-0.15, -0.1) is 0 Å². The first kappa shape index (κ1) is 21.6. The van der Waals surface area contributed by atoms with Crippen molar-refractivity contribution in [2.24, 2.45) is 11.8 Å². The zero-order chi connectivity index (χ0) is 22.9. The summed E-state index contributed by atoms with van der Waals surface area (Å²) in [5.41, 5.74) is 4.02. The molecular weight excluding hydrogens is 421 g/mol. The van der Waals surface area contributed by atoms with Crippen LogP contribution in [0.25, 0.3) is 11.0 Å². The van der Waals surface area contributed by atoms with Gasteiger partial charge in [0.25, 0.3) is 0 Å². The molecule has 1 aliphatic carbocycles. The quantitative estimate of drug-likeness (QED) is 0.627. The summed E-state index contributed by atoms with van der Waals surface area (Å²) in [6.07, 6.45) is 5.93. The Bertz CT molecular complexity index is 1200. The molecule has 1 saturated carbocycles. The lowest BCUT2D eigenvalue weighted by Crippen LogP contribution is -2.38. The number of carbonyl (C=O) groups excluding carboxylic acids is 1. The van der Waals surface area contributed by atoms with Crippen LogP contribution in [0.1, 0.15) is 48.9 Å². The normalized spacial score (nSPS) is 20.6. The number of carbonyl (C=O) groups is 2. The topological polar surface area (TPSA) is 75.4 Å². The van der Waals surface area contributed by atoms with Crippen LogP contribution >= 0.6 is 0 Å². The van der Waals surface area contributed by atoms with E-state index in [4.69, 9.17) is 0 Å². The molecule has 7 heteroatoms. The highest BCUT2D eigenvalue weighted by Gasteiger charge is 2.31. The number of halogens is 1. The van der Waals surface area contributed by atoms with Crippen molar-refractivity contribution in [3.8, 4) is 0 Å². The molecular formula is C26H28FN3O3. The van der Waals surface area contributed by atoms with E-state index < -0.39 is 5.97 Å². The fourth-order valence-corrected chi connectivity index (χ4v) is 5.45. The van der Waals surface area contributed by atoms with E-state index in [9.17, 15) is 19.1 Å². The van der Waals surface area contributed by atoms with Gasteiger partial charge in [0.2, 0.25) is 5.91 Å². The van der Waals surface area contributed by atoms with E-state index >= 15 is 0 Å². The number of aromatic nitrogens is 2. The molecule has 2 aliphatic rings. The summed E-state index contributed by atoms with van der Waals surface area (Å²) in [5.74, 6) is -0.854. The molecule has 3 aromatic rings. The van der Waals surface area contributed by atoms with E-state index in [1.54, 1.807) is 18.3 Å². The van der Waals surface area contributed by atoms with Gasteiger partial charge in [-0.25, -0.2) is 9.37 Å². The Kier molecular flexibility index (Phi) is 5.87. The van der Waals surface area contributed by atoms with E-state index in [2.05, 4.69) is 15.6 Å². The summed E-state index contributed by atoms with van der Waals surface area (Å²) >= 11 is 0. The number of hydrogen-bond donors (Lipinski definition) is 1. The van der Waals surface area contributed by atoms with Crippen molar-refractivity contribution in [3.63, 3.8) is 0 Å². The SMILES string of the molecule is O=C(O)C1CCC(CC(=O)N2CCc3c(n(Cc4cccc(F)c4)c4ncccc34)C2)CC1. The number of hydrogen-bond acceptors (Lipinski definition) is 3. The summed E-state index contributed by atoms with van der Waals surface area (Å²) in [6.45, 7) is 1.69. The molecule has 1 fully saturated rings. The summed E-state index contributed by atoms with van der Waals surface area (Å²) in [5, 5.41) is 10.3. The van der Waals surface area contributed by atoms with Crippen LogP contribution in [0.3, 0.4) is 0 Å². The fraction of sp³-hybridized carbons (Fsp3) is 0.423. The Labute approximate surface area is 192 Å². The zero-order valence-electron chi connectivity index (χ0n) is 18.5. The van der Waals surface area contributed by atoms with Crippen LogP contribution in [-0.4, -0.2) is 38.0 Å². The first-order valence-electron chi connectivity index (χ1n) is 11.7. The fourth-order valence-electron chi connectivity index (χ4n) is 5.45. The van der Waals surface area contributed by atoms with Crippen molar-refractivity contribution < 1.29 is 19.1 Å². The molecule has 0 unspecified atom stereocenters. The minimum absolute atomic E-state index is 0.134. The van der Waals surface area contributed by atoms with Crippen LogP contribution in [0.15, 0.2) is 42.6 Å². The Morgan fingerprint density at radius 3 is 2.70 bits per heavy atom.